The van der Waals surface area contributed by atoms with Gasteiger partial charge in [-0.2, -0.15) is 21.6 Å². The van der Waals surface area contributed by atoms with Crippen LogP contribution in [-0.2, 0) is 26.1 Å². The van der Waals surface area contributed by atoms with Crippen molar-refractivity contribution in [3.05, 3.63) is 16.3 Å². The van der Waals surface area contributed by atoms with E-state index in [1.54, 1.807) is 16.7 Å². The third kappa shape index (κ3) is 4.45. The van der Waals surface area contributed by atoms with Crippen LogP contribution in [-0.4, -0.2) is 37.5 Å². The molecule has 2 heterocycles. The number of thiophene rings is 1. The molecule has 1 fully saturated rings. The Kier molecular flexibility index (Phi) is 5.69. The lowest BCUT2D eigenvalue weighted by Crippen LogP contribution is -2.33. The first kappa shape index (κ1) is 20.0. The Bertz CT molecular complexity index is 731. The number of rotatable bonds is 6. The zero-order valence-corrected chi connectivity index (χ0v) is 15.5. The quantitative estimate of drug-likeness (QED) is 0.795. The molecule has 1 aromatic rings. The molecular weight excluding hydrogens is 381 g/mol. The molecular formula is C14H19F3N2O4S2. The van der Waals surface area contributed by atoms with Crippen LogP contribution in [0.3, 0.4) is 0 Å². The molecule has 0 amide bonds. The average molecular weight is 400 g/mol. The Morgan fingerprint density at radius 1 is 1.40 bits per heavy atom. The van der Waals surface area contributed by atoms with Gasteiger partial charge in [0.25, 0.3) is 0 Å². The van der Waals surface area contributed by atoms with E-state index in [1.165, 1.54) is 11.4 Å². The molecule has 2 atom stereocenters. The van der Waals surface area contributed by atoms with Crippen LogP contribution in [0.15, 0.2) is 11.4 Å². The van der Waals surface area contributed by atoms with Crippen molar-refractivity contribution in [2.24, 2.45) is 11.8 Å². The molecule has 6 nitrogen and oxygen atoms in total. The number of hydroxylamine groups is 2. The molecule has 0 bridgehead atoms. The highest BCUT2D eigenvalue weighted by Gasteiger charge is 2.47. The van der Waals surface area contributed by atoms with Gasteiger partial charge in [0.2, 0.25) is 0 Å². The minimum Gasteiger partial charge on any atom is -0.367 e. The van der Waals surface area contributed by atoms with E-state index in [4.69, 9.17) is 4.84 Å². The highest BCUT2D eigenvalue weighted by atomic mass is 32.2. The summed E-state index contributed by atoms with van der Waals surface area (Å²) in [5.74, 6) is -0.775. The average Bonchev–Trinajstić information content (AvgIpc) is 2.97. The van der Waals surface area contributed by atoms with Crippen molar-refractivity contribution in [1.29, 1.82) is 0 Å². The Labute approximate surface area is 148 Å². The van der Waals surface area contributed by atoms with Gasteiger partial charge in [-0.3, -0.25) is 4.72 Å². The van der Waals surface area contributed by atoms with Crippen molar-refractivity contribution in [3.63, 3.8) is 0 Å². The lowest BCUT2D eigenvalue weighted by molar-refractivity contribution is -0.176. The van der Waals surface area contributed by atoms with Crippen LogP contribution >= 0.6 is 11.3 Å². The number of nitrogens with zero attached hydrogens (tertiary/aromatic N) is 1. The number of nitrogens with one attached hydrogen (secondary N) is 1. The topological polar surface area (TPSA) is 75.7 Å². The Morgan fingerprint density at radius 2 is 2.04 bits per heavy atom. The van der Waals surface area contributed by atoms with Gasteiger partial charge in [-0.25, -0.2) is 4.79 Å². The normalized spacial score (nSPS) is 22.4. The maximum atomic E-state index is 12.5. The van der Waals surface area contributed by atoms with Crippen molar-refractivity contribution < 1.29 is 31.2 Å². The minimum absolute atomic E-state index is 0.0992. The minimum atomic E-state index is -5.50. The highest BCUT2D eigenvalue weighted by Crippen LogP contribution is 2.34. The van der Waals surface area contributed by atoms with Crippen LogP contribution in [0.1, 0.15) is 25.6 Å². The number of carbonyl (C=O) groups is 1. The molecule has 11 heteroatoms. The molecule has 0 aromatic carbocycles. The van der Waals surface area contributed by atoms with Gasteiger partial charge >= 0.3 is 21.5 Å². The van der Waals surface area contributed by atoms with Crippen LogP contribution in [0.4, 0.5) is 18.9 Å². The molecule has 0 aliphatic carbocycles. The van der Waals surface area contributed by atoms with Crippen molar-refractivity contribution in [2.75, 3.05) is 11.3 Å². The lowest BCUT2D eigenvalue weighted by Gasteiger charge is -2.21. The van der Waals surface area contributed by atoms with E-state index in [0.717, 1.165) is 11.3 Å². The fourth-order valence-electron chi connectivity index (χ4n) is 2.47. The fraction of sp³-hybridized carbons (Fsp3) is 0.643. The second-order valence-corrected chi connectivity index (χ2v) is 8.94. The van der Waals surface area contributed by atoms with Gasteiger partial charge in [0.15, 0.2) is 0 Å². The highest BCUT2D eigenvalue weighted by molar-refractivity contribution is 7.93. The first-order valence-corrected chi connectivity index (χ1v) is 9.92. The van der Waals surface area contributed by atoms with E-state index in [2.05, 4.69) is 0 Å². The van der Waals surface area contributed by atoms with Crippen LogP contribution in [0.2, 0.25) is 0 Å². The predicted octanol–water partition coefficient (Wildman–Crippen LogP) is 2.99. The number of hydrogen-bond donors (Lipinski definition) is 1. The van der Waals surface area contributed by atoms with Gasteiger partial charge in [-0.1, -0.05) is 13.8 Å². The first-order chi connectivity index (χ1) is 11.4. The van der Waals surface area contributed by atoms with Crippen molar-refractivity contribution in [2.45, 2.75) is 38.7 Å². The van der Waals surface area contributed by atoms with Crippen molar-refractivity contribution in [3.8, 4) is 0 Å². The summed E-state index contributed by atoms with van der Waals surface area (Å²) < 4.78 is 61.7. The third-order valence-corrected chi connectivity index (χ3v) is 5.83. The Hall–Kier alpha value is -1.33. The lowest BCUT2D eigenvalue weighted by atomic mass is 9.97. The maximum Gasteiger partial charge on any atom is 0.516 e. The summed E-state index contributed by atoms with van der Waals surface area (Å²) in [5.41, 5.74) is -5.57. The molecule has 1 N–H and O–H groups in total. The summed E-state index contributed by atoms with van der Waals surface area (Å²) in [6.07, 6.45) is 0.0992. The van der Waals surface area contributed by atoms with Crippen LogP contribution in [0.25, 0.3) is 0 Å². The van der Waals surface area contributed by atoms with E-state index in [-0.39, 0.29) is 24.1 Å². The molecule has 1 aliphatic heterocycles. The second-order valence-electron chi connectivity index (χ2n) is 6.26. The molecule has 1 aliphatic rings. The van der Waals surface area contributed by atoms with Crippen LogP contribution in [0, 0.1) is 11.8 Å². The van der Waals surface area contributed by atoms with E-state index in [0.29, 0.717) is 11.4 Å². The SMILES string of the molecule is CC(C)CN1OC(=O)C(Cc2sccc2NS(=O)(=O)C(F)(F)F)C1C. The predicted molar refractivity (Wildman–Crippen MR) is 87.2 cm³/mol. The zero-order chi connectivity index (χ0) is 19.0. The number of halogens is 3. The van der Waals surface area contributed by atoms with Gasteiger partial charge in [-0.05, 0) is 30.7 Å². The largest absolute Gasteiger partial charge is 0.516 e. The number of alkyl halides is 3. The number of carbonyl (C=O) groups excluding carboxylic acids is 1. The Balaban J connectivity index is 2.15. The summed E-state index contributed by atoms with van der Waals surface area (Å²) in [6.45, 7) is 6.28. The molecule has 0 saturated carbocycles. The monoisotopic (exact) mass is 400 g/mol. The number of sulfonamides is 1. The molecule has 2 rings (SSSR count). The molecule has 25 heavy (non-hydrogen) atoms. The van der Waals surface area contributed by atoms with Gasteiger partial charge in [0.05, 0.1) is 17.6 Å². The molecule has 142 valence electrons. The Morgan fingerprint density at radius 3 is 2.60 bits per heavy atom. The maximum absolute atomic E-state index is 12.5. The van der Waals surface area contributed by atoms with Gasteiger partial charge in [-0.15, -0.1) is 16.4 Å². The van der Waals surface area contributed by atoms with Crippen LogP contribution < -0.4 is 4.72 Å². The smallest absolute Gasteiger partial charge is 0.367 e. The van der Waals surface area contributed by atoms with E-state index >= 15 is 0 Å². The standard InChI is InChI=1S/C14H19F3N2O4S2/c1-8(2)7-19-9(3)10(13(20)23-19)6-12-11(4-5-24-12)18-25(21,22)14(15,16)17/h4-5,8-10,18H,6-7H2,1-3H3. The summed E-state index contributed by atoms with van der Waals surface area (Å²) in [6, 6.07) is 0.990. The fourth-order valence-corrected chi connectivity index (χ4v) is 4.02. The van der Waals surface area contributed by atoms with E-state index < -0.39 is 27.4 Å². The van der Waals surface area contributed by atoms with Crippen molar-refractivity contribution >= 4 is 33.0 Å². The summed E-state index contributed by atoms with van der Waals surface area (Å²) >= 11 is 1.09. The zero-order valence-electron chi connectivity index (χ0n) is 13.8. The number of anilines is 1. The molecule has 2 unspecified atom stereocenters. The summed E-state index contributed by atoms with van der Waals surface area (Å²) in [4.78, 5) is 17.7. The van der Waals surface area contributed by atoms with Crippen LogP contribution in [0.5, 0.6) is 0 Å². The summed E-state index contributed by atoms with van der Waals surface area (Å²) in [7, 11) is -5.50. The second kappa shape index (κ2) is 7.12. The molecule has 0 spiro atoms. The summed E-state index contributed by atoms with van der Waals surface area (Å²) in [5, 5.41) is 3.03. The van der Waals surface area contributed by atoms with E-state index in [1.807, 2.05) is 13.8 Å². The van der Waals surface area contributed by atoms with E-state index in [9.17, 15) is 26.4 Å². The van der Waals surface area contributed by atoms with Gasteiger partial charge < -0.3 is 4.84 Å². The first-order valence-electron chi connectivity index (χ1n) is 7.56. The molecule has 1 saturated heterocycles. The van der Waals surface area contributed by atoms with Gasteiger partial charge in [0.1, 0.15) is 0 Å². The van der Waals surface area contributed by atoms with Gasteiger partial charge in [0, 0.05) is 11.4 Å². The van der Waals surface area contributed by atoms with Crippen molar-refractivity contribution in [1.82, 2.24) is 5.06 Å². The molecule has 1 aromatic heterocycles. The number of hydrogen-bond acceptors (Lipinski definition) is 6. The third-order valence-electron chi connectivity index (χ3n) is 3.79. The molecule has 0 radical (unpaired) electrons.